The molecule has 1 unspecified atom stereocenters. The summed E-state index contributed by atoms with van der Waals surface area (Å²) in [4.78, 5) is 0. The summed E-state index contributed by atoms with van der Waals surface area (Å²) in [5, 5.41) is 0. The fraction of sp³-hybridized carbons (Fsp3) is 0. The van der Waals surface area contributed by atoms with Crippen molar-refractivity contribution in [1.29, 1.82) is 0 Å². The molecule has 2 nitrogen and oxygen atoms in total. The van der Waals surface area contributed by atoms with Crippen molar-refractivity contribution in [2.75, 3.05) is 0 Å². The van der Waals surface area contributed by atoms with E-state index < -0.39 is 0 Å². The highest BCUT2D eigenvalue weighted by atomic mass is 31.1. The van der Waals surface area contributed by atoms with Crippen LogP contribution >= 0.6 is 9.03 Å². The maximum absolute atomic E-state index is 5.27. The molecule has 0 aromatic heterocycles. The zero-order valence-electron chi connectivity index (χ0n) is 9.78. The van der Waals surface area contributed by atoms with Gasteiger partial charge in [-0.1, -0.05) is 18.2 Å². The molecule has 0 aliphatic heterocycles. The largest absolute Gasteiger partial charge is 0.440 e. The summed E-state index contributed by atoms with van der Waals surface area (Å²) in [6.45, 7) is 0. The van der Waals surface area contributed by atoms with Gasteiger partial charge in [-0.2, -0.15) is 0 Å². The number of rotatable bonds is 3. The molecule has 0 bridgehead atoms. The zero-order valence-corrected chi connectivity index (χ0v) is 10.8. The summed E-state index contributed by atoms with van der Waals surface area (Å²) < 4.78 is 10.2. The first-order chi connectivity index (χ1) is 9.43. The number of hydrogen-bond acceptors (Lipinski definition) is 2. The Kier molecular flexibility index (Phi) is 7.59. The van der Waals surface area contributed by atoms with E-state index in [9.17, 15) is 0 Å². The van der Waals surface area contributed by atoms with Crippen molar-refractivity contribution in [2.24, 2.45) is 0 Å². The molecule has 0 saturated carbocycles. The molecule has 0 radical (unpaired) electrons. The molecule has 0 N–H and O–H groups in total. The third-order valence-corrected chi connectivity index (χ3v) is 2.00. The fourth-order valence-corrected chi connectivity index (χ4v) is 1.19. The topological polar surface area (TPSA) is 18.5 Å². The maximum Gasteiger partial charge on any atom is 0.285 e. The van der Waals surface area contributed by atoms with Crippen molar-refractivity contribution >= 4 is 9.03 Å². The second-order valence-corrected chi connectivity index (χ2v) is 3.30. The molecule has 1 atom stereocenters. The predicted molar refractivity (Wildman–Crippen MR) is 76.4 cm³/mol. The quantitative estimate of drug-likeness (QED) is 0.472. The Morgan fingerprint density at radius 3 is 2.16 bits per heavy atom. The minimum absolute atomic E-state index is 0.200. The monoisotopic (exact) mass is 262 g/mol. The first kappa shape index (κ1) is 14.1. The molecule has 1 aromatic rings. The molecule has 0 aliphatic rings. The first-order valence-electron chi connectivity index (χ1n) is 5.02. The van der Waals surface area contributed by atoms with Crippen LogP contribution in [-0.2, 0) is 4.52 Å². The van der Waals surface area contributed by atoms with E-state index in [-0.39, 0.29) is 9.03 Å². The molecule has 1 aromatic carbocycles. The molecule has 0 heterocycles. The van der Waals surface area contributed by atoms with Crippen LogP contribution in [-0.4, -0.2) is 0 Å². The molecule has 0 saturated heterocycles. The van der Waals surface area contributed by atoms with E-state index in [0.717, 1.165) is 5.75 Å². The van der Waals surface area contributed by atoms with Gasteiger partial charge in [0.2, 0.25) is 0 Å². The van der Waals surface area contributed by atoms with E-state index in [1.54, 1.807) is 0 Å². The molecular weight excluding hydrogens is 255 g/mol. The second kappa shape index (κ2) is 10.2. The van der Waals surface area contributed by atoms with Gasteiger partial charge in [-0.25, -0.2) is 0 Å². The molecule has 0 spiro atoms. The summed E-state index contributed by atoms with van der Waals surface area (Å²) in [6.07, 6.45) is 7.29. The van der Waals surface area contributed by atoms with E-state index in [1.165, 1.54) is 0 Å². The highest BCUT2D eigenvalue weighted by molar-refractivity contribution is 7.26. The van der Waals surface area contributed by atoms with Gasteiger partial charge in [-0.3, -0.25) is 0 Å². The highest BCUT2D eigenvalue weighted by Crippen LogP contribution is 2.19. The van der Waals surface area contributed by atoms with Gasteiger partial charge in [0.15, 0.2) is 0 Å². The highest BCUT2D eigenvalue weighted by Gasteiger charge is 1.89. The van der Waals surface area contributed by atoms with Crippen LogP contribution in [0.4, 0.5) is 0 Å². The molecule has 19 heavy (non-hydrogen) atoms. The Balaban J connectivity index is 2.24. The third-order valence-electron chi connectivity index (χ3n) is 1.49. The molecule has 0 amide bonds. The van der Waals surface area contributed by atoms with E-state index in [1.807, 2.05) is 30.3 Å². The van der Waals surface area contributed by atoms with Crippen LogP contribution in [0.25, 0.3) is 0 Å². The van der Waals surface area contributed by atoms with Crippen molar-refractivity contribution in [1.82, 2.24) is 0 Å². The minimum atomic E-state index is -0.200. The molecular formula is C16H7O2P. The molecule has 0 fully saturated rings. The van der Waals surface area contributed by atoms with Crippen molar-refractivity contribution in [2.45, 2.75) is 0 Å². The summed E-state index contributed by atoms with van der Waals surface area (Å²) in [5.74, 6) is 20.0. The predicted octanol–water partition coefficient (Wildman–Crippen LogP) is 2.19. The van der Waals surface area contributed by atoms with Gasteiger partial charge in [0, 0.05) is 23.7 Å². The van der Waals surface area contributed by atoms with Crippen LogP contribution in [0.15, 0.2) is 30.3 Å². The van der Waals surface area contributed by atoms with Gasteiger partial charge in [0.25, 0.3) is 9.03 Å². The smallest absolute Gasteiger partial charge is 0.285 e. The normalized spacial score (nSPS) is 7.11. The number of terminal acetylenes is 1. The Morgan fingerprint density at radius 1 is 0.842 bits per heavy atom. The summed E-state index contributed by atoms with van der Waals surface area (Å²) >= 11 is 0. The van der Waals surface area contributed by atoms with Crippen LogP contribution in [0, 0.1) is 59.9 Å². The SMILES string of the molecule is C#CC#CC#CC#CC#COPOc1ccccc1. The first-order valence-corrected chi connectivity index (χ1v) is 5.83. The lowest BCUT2D eigenvalue weighted by atomic mass is 10.3. The van der Waals surface area contributed by atoms with Gasteiger partial charge in [-0.05, 0) is 35.8 Å². The van der Waals surface area contributed by atoms with Gasteiger partial charge >= 0.3 is 0 Å². The van der Waals surface area contributed by atoms with E-state index in [0.29, 0.717) is 0 Å². The summed E-state index contributed by atoms with van der Waals surface area (Å²) in [7, 11) is -0.200. The molecule has 3 heteroatoms. The minimum Gasteiger partial charge on any atom is -0.440 e. The van der Waals surface area contributed by atoms with E-state index in [2.05, 4.69) is 53.5 Å². The Bertz CT molecular complexity index is 684. The van der Waals surface area contributed by atoms with Gasteiger partial charge in [-0.15, -0.1) is 6.42 Å². The molecule has 1 rings (SSSR count). The van der Waals surface area contributed by atoms with Crippen LogP contribution in [0.1, 0.15) is 0 Å². The lowest BCUT2D eigenvalue weighted by Crippen LogP contribution is -1.77. The summed E-state index contributed by atoms with van der Waals surface area (Å²) in [5.41, 5.74) is 0. The molecule has 88 valence electrons. The van der Waals surface area contributed by atoms with Gasteiger partial charge in [0.05, 0.1) is 0 Å². The summed E-state index contributed by atoms with van der Waals surface area (Å²) in [6, 6.07) is 9.31. The number of para-hydroxylation sites is 1. The average Bonchev–Trinajstić information content (AvgIpc) is 2.46. The zero-order chi connectivity index (χ0) is 13.6. The second-order valence-electron chi connectivity index (χ2n) is 2.72. The van der Waals surface area contributed by atoms with E-state index >= 15 is 0 Å². The lowest BCUT2D eigenvalue weighted by Gasteiger charge is -2.00. The third kappa shape index (κ3) is 7.87. The van der Waals surface area contributed by atoms with E-state index in [4.69, 9.17) is 15.5 Å². The van der Waals surface area contributed by atoms with Crippen LogP contribution in [0.3, 0.4) is 0 Å². The van der Waals surface area contributed by atoms with Crippen LogP contribution < -0.4 is 4.52 Å². The average molecular weight is 262 g/mol. The Hall–Kier alpha value is -2.95. The maximum atomic E-state index is 5.27. The van der Waals surface area contributed by atoms with Gasteiger partial charge in [0.1, 0.15) is 11.9 Å². The van der Waals surface area contributed by atoms with Crippen molar-refractivity contribution in [3.05, 3.63) is 30.3 Å². The Labute approximate surface area is 114 Å². The van der Waals surface area contributed by atoms with Crippen LogP contribution in [0.5, 0.6) is 5.75 Å². The van der Waals surface area contributed by atoms with Crippen molar-refractivity contribution in [3.8, 4) is 65.6 Å². The lowest BCUT2D eigenvalue weighted by molar-refractivity contribution is 0.493. The number of hydrogen-bond donors (Lipinski definition) is 0. The standard InChI is InChI=1S/C16H7O2P/c1-2-3-4-5-6-7-8-12-15-17-19-18-16-13-10-9-11-14-16/h1,9-11,13-14,19H. The Morgan fingerprint density at radius 2 is 1.47 bits per heavy atom. The van der Waals surface area contributed by atoms with Crippen LogP contribution in [0.2, 0.25) is 0 Å². The van der Waals surface area contributed by atoms with Crippen molar-refractivity contribution < 1.29 is 9.05 Å². The van der Waals surface area contributed by atoms with Gasteiger partial charge < -0.3 is 9.05 Å². The molecule has 0 aliphatic carbocycles. The fourth-order valence-electron chi connectivity index (χ4n) is 0.822. The van der Waals surface area contributed by atoms with Crippen molar-refractivity contribution in [3.63, 3.8) is 0 Å². The number of benzene rings is 1.